The lowest BCUT2D eigenvalue weighted by Crippen LogP contribution is -2.34. The molecule has 10 nitrogen and oxygen atoms in total. The zero-order valence-corrected chi connectivity index (χ0v) is 25.9. The van der Waals surface area contributed by atoms with Crippen LogP contribution < -0.4 is 19.4 Å². The summed E-state index contributed by atoms with van der Waals surface area (Å²) in [6.45, 7) is 5.62. The highest BCUT2D eigenvalue weighted by atomic mass is 32.2. The van der Waals surface area contributed by atoms with Crippen LogP contribution in [0.2, 0.25) is 0 Å². The van der Waals surface area contributed by atoms with Crippen LogP contribution in [0.25, 0.3) is 0 Å². The Labute approximate surface area is 259 Å². The van der Waals surface area contributed by atoms with Crippen LogP contribution in [0.1, 0.15) is 49.7 Å². The van der Waals surface area contributed by atoms with E-state index in [1.165, 1.54) is 23.2 Å². The van der Waals surface area contributed by atoms with Gasteiger partial charge in [0.2, 0.25) is 17.8 Å². The first-order valence-corrected chi connectivity index (χ1v) is 16.8. The Morgan fingerprint density at radius 3 is 1.93 bits per heavy atom. The topological polar surface area (TPSA) is 115 Å². The van der Waals surface area contributed by atoms with Gasteiger partial charge in [-0.1, -0.05) is 48.0 Å². The van der Waals surface area contributed by atoms with E-state index in [4.69, 9.17) is 15.0 Å². The smallest absolute Gasteiger partial charge is 0.264 e. The summed E-state index contributed by atoms with van der Waals surface area (Å²) in [5.74, 6) is 1.51. The van der Waals surface area contributed by atoms with Crippen molar-refractivity contribution in [3.05, 3.63) is 83.9 Å². The molecule has 2 saturated heterocycles. The standard InChI is InChI=1S/C33H39N7O3S/c1-25-13-16-28(17-14-25)44(42,43)40(24-26-11-5-2-6-12-26)27-15-18-29(30(41)23-27)34-31-35-32(38-19-7-3-8-20-38)37-33(36-31)39-21-9-4-10-22-39/h2,5-6,11-18,23,41H,3-4,7-10,19-22,24H2,1H3,(H,34,35,36,37). The molecule has 4 aromatic rings. The van der Waals surface area contributed by atoms with Gasteiger partial charge in [0, 0.05) is 32.2 Å². The zero-order chi connectivity index (χ0) is 30.5. The third-order valence-corrected chi connectivity index (χ3v) is 9.97. The number of aromatic nitrogens is 3. The van der Waals surface area contributed by atoms with Crippen LogP contribution >= 0.6 is 0 Å². The Bertz CT molecular complexity index is 1640. The van der Waals surface area contributed by atoms with Gasteiger partial charge in [0.1, 0.15) is 5.75 Å². The number of phenols is 1. The summed E-state index contributed by atoms with van der Waals surface area (Å²) >= 11 is 0. The normalized spacial score (nSPS) is 15.7. The van der Waals surface area contributed by atoms with Gasteiger partial charge in [0.05, 0.1) is 22.8 Å². The molecule has 2 N–H and O–H groups in total. The highest BCUT2D eigenvalue weighted by Crippen LogP contribution is 2.34. The Morgan fingerprint density at radius 1 is 0.773 bits per heavy atom. The van der Waals surface area contributed by atoms with E-state index in [9.17, 15) is 13.5 Å². The molecule has 2 aliphatic rings. The summed E-state index contributed by atoms with van der Waals surface area (Å²) in [6.07, 6.45) is 6.79. The lowest BCUT2D eigenvalue weighted by Gasteiger charge is -2.30. The molecule has 0 bridgehead atoms. The average molecular weight is 614 g/mol. The van der Waals surface area contributed by atoms with Crippen molar-refractivity contribution in [2.45, 2.75) is 56.9 Å². The molecule has 0 radical (unpaired) electrons. The predicted octanol–water partition coefficient (Wildman–Crippen LogP) is 6.01. The minimum absolute atomic E-state index is 0.106. The van der Waals surface area contributed by atoms with Crippen molar-refractivity contribution in [3.8, 4) is 5.75 Å². The van der Waals surface area contributed by atoms with Crippen LogP contribution in [0.15, 0.2) is 77.7 Å². The molecule has 3 heterocycles. The number of hydrogen-bond donors (Lipinski definition) is 2. The first kappa shape index (κ1) is 29.7. The fraction of sp³-hybridized carbons (Fsp3) is 0.364. The first-order valence-electron chi connectivity index (χ1n) is 15.4. The van der Waals surface area contributed by atoms with Crippen molar-refractivity contribution in [3.63, 3.8) is 0 Å². The molecule has 3 aromatic carbocycles. The number of aryl methyl sites for hydroxylation is 1. The van der Waals surface area contributed by atoms with Gasteiger partial charge in [0.25, 0.3) is 10.0 Å². The van der Waals surface area contributed by atoms with Crippen molar-refractivity contribution in [1.82, 2.24) is 15.0 Å². The van der Waals surface area contributed by atoms with Crippen LogP contribution in [0.3, 0.4) is 0 Å². The van der Waals surface area contributed by atoms with E-state index in [2.05, 4.69) is 15.1 Å². The van der Waals surface area contributed by atoms with Gasteiger partial charge < -0.3 is 20.2 Å². The number of phenolic OH excluding ortho intramolecular Hbond substituents is 1. The average Bonchev–Trinajstić information content (AvgIpc) is 3.06. The van der Waals surface area contributed by atoms with Gasteiger partial charge in [-0.25, -0.2) is 8.42 Å². The quantitative estimate of drug-likeness (QED) is 0.219. The first-order chi connectivity index (χ1) is 21.4. The van der Waals surface area contributed by atoms with Crippen molar-refractivity contribution in [1.29, 1.82) is 0 Å². The van der Waals surface area contributed by atoms with E-state index in [1.54, 1.807) is 36.4 Å². The molecule has 0 saturated carbocycles. The Hall–Kier alpha value is -4.38. The SMILES string of the molecule is Cc1ccc(S(=O)(=O)N(Cc2ccccc2)c2ccc(Nc3nc(N4CCCCC4)nc(N4CCCCC4)n3)c(O)c2)cc1. The summed E-state index contributed by atoms with van der Waals surface area (Å²) in [5.41, 5.74) is 2.51. The molecule has 230 valence electrons. The Morgan fingerprint density at radius 2 is 1.36 bits per heavy atom. The van der Waals surface area contributed by atoms with Crippen molar-refractivity contribution >= 4 is 39.2 Å². The Balaban J connectivity index is 1.32. The molecule has 0 unspecified atom stereocenters. The summed E-state index contributed by atoms with van der Waals surface area (Å²) in [4.78, 5) is 18.9. The molecule has 44 heavy (non-hydrogen) atoms. The largest absolute Gasteiger partial charge is 0.506 e. The number of nitrogens with one attached hydrogen (secondary N) is 1. The molecule has 2 aliphatic heterocycles. The second-order valence-electron chi connectivity index (χ2n) is 11.5. The van der Waals surface area contributed by atoms with Crippen LogP contribution in [0.5, 0.6) is 5.75 Å². The summed E-state index contributed by atoms with van der Waals surface area (Å²) in [6, 6.07) is 21.0. The number of nitrogens with zero attached hydrogens (tertiary/aromatic N) is 6. The van der Waals surface area contributed by atoms with E-state index in [0.717, 1.165) is 63.0 Å². The molecular weight excluding hydrogens is 574 g/mol. The van der Waals surface area contributed by atoms with Gasteiger partial charge in [0.15, 0.2) is 0 Å². The Kier molecular flexibility index (Phi) is 8.83. The minimum Gasteiger partial charge on any atom is -0.506 e. The number of rotatable bonds is 9. The molecular formula is C33H39N7O3S. The highest BCUT2D eigenvalue weighted by Gasteiger charge is 2.27. The molecule has 0 spiro atoms. The van der Waals surface area contributed by atoms with Gasteiger partial charge in [-0.15, -0.1) is 0 Å². The van der Waals surface area contributed by atoms with Crippen LogP contribution in [0, 0.1) is 6.92 Å². The predicted molar refractivity (Wildman–Crippen MR) is 174 cm³/mol. The lowest BCUT2D eigenvalue weighted by atomic mass is 10.1. The van der Waals surface area contributed by atoms with E-state index in [-0.39, 0.29) is 17.2 Å². The fourth-order valence-corrected chi connectivity index (χ4v) is 7.13. The number of aromatic hydroxyl groups is 1. The fourth-order valence-electron chi connectivity index (χ4n) is 5.68. The molecule has 0 atom stereocenters. The number of sulfonamides is 1. The number of hydrogen-bond acceptors (Lipinski definition) is 9. The maximum absolute atomic E-state index is 13.9. The van der Waals surface area contributed by atoms with Crippen molar-refractivity contribution < 1.29 is 13.5 Å². The number of piperidine rings is 2. The lowest BCUT2D eigenvalue weighted by molar-refractivity contribution is 0.477. The van der Waals surface area contributed by atoms with E-state index >= 15 is 0 Å². The third kappa shape index (κ3) is 6.72. The third-order valence-electron chi connectivity index (χ3n) is 8.18. The van der Waals surface area contributed by atoms with Crippen LogP contribution in [0.4, 0.5) is 29.2 Å². The van der Waals surface area contributed by atoms with Gasteiger partial charge >= 0.3 is 0 Å². The number of anilines is 5. The van der Waals surface area contributed by atoms with Gasteiger partial charge in [-0.05, 0) is 75.3 Å². The highest BCUT2D eigenvalue weighted by molar-refractivity contribution is 7.92. The second kappa shape index (κ2) is 13.1. The summed E-state index contributed by atoms with van der Waals surface area (Å²) in [7, 11) is -3.94. The van der Waals surface area contributed by atoms with Crippen LogP contribution in [-0.4, -0.2) is 54.7 Å². The molecule has 2 fully saturated rings. The number of benzene rings is 3. The van der Waals surface area contributed by atoms with Crippen molar-refractivity contribution in [2.75, 3.05) is 45.6 Å². The van der Waals surface area contributed by atoms with Crippen molar-refractivity contribution in [2.24, 2.45) is 0 Å². The second-order valence-corrected chi connectivity index (χ2v) is 13.4. The van der Waals surface area contributed by atoms with E-state index < -0.39 is 10.0 Å². The monoisotopic (exact) mass is 613 g/mol. The van der Waals surface area contributed by atoms with E-state index in [1.807, 2.05) is 37.3 Å². The molecule has 1 aromatic heterocycles. The van der Waals surface area contributed by atoms with Gasteiger partial charge in [-0.2, -0.15) is 15.0 Å². The minimum atomic E-state index is -3.94. The molecule has 0 aliphatic carbocycles. The molecule has 11 heteroatoms. The van der Waals surface area contributed by atoms with E-state index in [0.29, 0.717) is 29.2 Å². The zero-order valence-electron chi connectivity index (χ0n) is 25.1. The summed E-state index contributed by atoms with van der Waals surface area (Å²) in [5, 5.41) is 14.4. The molecule has 6 rings (SSSR count). The molecule has 0 amide bonds. The maximum atomic E-state index is 13.9. The van der Waals surface area contributed by atoms with Gasteiger partial charge in [-0.3, -0.25) is 4.31 Å². The maximum Gasteiger partial charge on any atom is 0.264 e. The van der Waals surface area contributed by atoms with Crippen LogP contribution in [-0.2, 0) is 16.6 Å². The summed E-state index contributed by atoms with van der Waals surface area (Å²) < 4.78 is 29.1.